The van der Waals surface area contributed by atoms with Crippen LogP contribution in [-0.2, 0) is 27.5 Å². The van der Waals surface area contributed by atoms with Crippen molar-refractivity contribution in [3.05, 3.63) is 89.5 Å². The molecule has 0 unspecified atom stereocenters. The molecule has 7 nitrogen and oxygen atoms in total. The minimum atomic E-state index is -4.59. The Morgan fingerprint density at radius 2 is 1.65 bits per heavy atom. The van der Waals surface area contributed by atoms with Crippen LogP contribution in [0.3, 0.4) is 0 Å². The Hall–Kier alpha value is -3.86. The van der Waals surface area contributed by atoms with Gasteiger partial charge in [0, 0.05) is 5.56 Å². The second-order valence-corrected chi connectivity index (χ2v) is 8.46. The van der Waals surface area contributed by atoms with Gasteiger partial charge in [0.2, 0.25) is 5.91 Å². The summed E-state index contributed by atoms with van der Waals surface area (Å²) in [5, 5.41) is 3.82. The van der Waals surface area contributed by atoms with Gasteiger partial charge in [-0.3, -0.25) is 4.79 Å². The molecule has 0 spiro atoms. The number of ether oxygens (including phenoxy) is 1. The number of methoxy groups -OCH3 is 1. The van der Waals surface area contributed by atoms with E-state index in [-0.39, 0.29) is 17.7 Å². The number of hydrazone groups is 1. The van der Waals surface area contributed by atoms with Crippen molar-refractivity contribution in [1.29, 1.82) is 0 Å². The maximum atomic E-state index is 12.7. The number of carbonyl (C=O) groups is 1. The number of para-hydroxylation sites is 1. The van der Waals surface area contributed by atoms with Crippen LogP contribution in [-0.4, -0.2) is 27.6 Å². The quantitative estimate of drug-likeness (QED) is 0.289. The van der Waals surface area contributed by atoms with Crippen molar-refractivity contribution in [2.75, 3.05) is 7.11 Å². The fourth-order valence-electron chi connectivity index (χ4n) is 2.78. The van der Waals surface area contributed by atoms with Crippen LogP contribution in [0.15, 0.2) is 82.8 Å². The highest BCUT2D eigenvalue weighted by atomic mass is 32.2. The molecular formula is C23H19F3N2O5S. The summed E-state index contributed by atoms with van der Waals surface area (Å²) in [4.78, 5) is 11.6. The molecule has 0 saturated carbocycles. The first-order chi connectivity index (χ1) is 16.1. The molecule has 0 atom stereocenters. The summed E-state index contributed by atoms with van der Waals surface area (Å²) < 4.78 is 73.3. The Balaban J connectivity index is 1.67. The second kappa shape index (κ2) is 10.4. The summed E-state index contributed by atoms with van der Waals surface area (Å²) in [5.74, 6) is 0.137. The largest absolute Gasteiger partial charge is 0.497 e. The van der Waals surface area contributed by atoms with Gasteiger partial charge in [-0.25, -0.2) is 5.43 Å². The summed E-state index contributed by atoms with van der Waals surface area (Å²) in [6.45, 7) is 0. The van der Waals surface area contributed by atoms with Gasteiger partial charge in [-0.2, -0.15) is 26.7 Å². The first-order valence-electron chi connectivity index (χ1n) is 9.74. The predicted octanol–water partition coefficient (Wildman–Crippen LogP) is 4.17. The Morgan fingerprint density at radius 3 is 2.26 bits per heavy atom. The van der Waals surface area contributed by atoms with Crippen molar-refractivity contribution >= 4 is 22.2 Å². The zero-order chi connectivity index (χ0) is 24.8. The average Bonchev–Trinajstić information content (AvgIpc) is 2.80. The van der Waals surface area contributed by atoms with Gasteiger partial charge in [0.05, 0.1) is 25.3 Å². The van der Waals surface area contributed by atoms with Gasteiger partial charge in [-0.05, 0) is 54.1 Å². The number of benzene rings is 3. The number of nitrogens with one attached hydrogen (secondary N) is 1. The molecule has 0 aromatic heterocycles. The zero-order valence-corrected chi connectivity index (χ0v) is 18.6. The SMILES string of the molecule is COc1ccc(CC(=O)NN=Cc2ccccc2OS(=O)(=O)c2ccc(C(F)(F)F)cc2)cc1. The summed E-state index contributed by atoms with van der Waals surface area (Å²) in [6.07, 6.45) is -3.34. The normalized spacial score (nSPS) is 11.9. The number of hydrogen-bond acceptors (Lipinski definition) is 6. The van der Waals surface area contributed by atoms with Gasteiger partial charge in [-0.1, -0.05) is 24.3 Å². The van der Waals surface area contributed by atoms with E-state index >= 15 is 0 Å². The van der Waals surface area contributed by atoms with Crippen molar-refractivity contribution in [3.63, 3.8) is 0 Å². The van der Waals surface area contributed by atoms with E-state index in [1.54, 1.807) is 30.3 Å². The fraction of sp³-hybridized carbons (Fsp3) is 0.130. The average molecular weight is 492 g/mol. The third-order valence-electron chi connectivity index (χ3n) is 4.51. The summed E-state index contributed by atoms with van der Waals surface area (Å²) >= 11 is 0. The molecule has 34 heavy (non-hydrogen) atoms. The molecular weight excluding hydrogens is 473 g/mol. The van der Waals surface area contributed by atoms with E-state index in [4.69, 9.17) is 8.92 Å². The minimum absolute atomic E-state index is 0.0573. The first-order valence-corrected chi connectivity index (χ1v) is 11.1. The Morgan fingerprint density at radius 1 is 1.00 bits per heavy atom. The van der Waals surface area contributed by atoms with E-state index in [1.165, 1.54) is 31.5 Å². The maximum absolute atomic E-state index is 12.7. The zero-order valence-electron chi connectivity index (χ0n) is 17.7. The van der Waals surface area contributed by atoms with Gasteiger partial charge < -0.3 is 8.92 Å². The summed E-state index contributed by atoms with van der Waals surface area (Å²) in [5.41, 5.74) is 2.32. The predicted molar refractivity (Wildman–Crippen MR) is 118 cm³/mol. The van der Waals surface area contributed by atoms with E-state index in [2.05, 4.69) is 10.5 Å². The molecule has 1 N–H and O–H groups in total. The van der Waals surface area contributed by atoms with E-state index in [0.29, 0.717) is 17.9 Å². The highest BCUT2D eigenvalue weighted by Crippen LogP contribution is 2.30. The van der Waals surface area contributed by atoms with Crippen LogP contribution in [0.1, 0.15) is 16.7 Å². The number of carbonyl (C=O) groups excluding carboxylic acids is 1. The lowest BCUT2D eigenvalue weighted by atomic mass is 10.1. The second-order valence-electron chi connectivity index (χ2n) is 6.92. The number of amides is 1. The van der Waals surface area contributed by atoms with Gasteiger partial charge in [-0.15, -0.1) is 0 Å². The van der Waals surface area contributed by atoms with Crippen LogP contribution in [0.4, 0.5) is 13.2 Å². The molecule has 3 rings (SSSR count). The van der Waals surface area contributed by atoms with Crippen molar-refractivity contribution < 1.29 is 35.3 Å². The number of hydrogen-bond donors (Lipinski definition) is 1. The maximum Gasteiger partial charge on any atom is 0.416 e. The molecule has 0 radical (unpaired) electrons. The molecule has 0 saturated heterocycles. The topological polar surface area (TPSA) is 94.1 Å². The van der Waals surface area contributed by atoms with Gasteiger partial charge in [0.1, 0.15) is 10.6 Å². The molecule has 0 fully saturated rings. The monoisotopic (exact) mass is 492 g/mol. The Kier molecular flexibility index (Phi) is 7.57. The third kappa shape index (κ3) is 6.58. The molecule has 0 aliphatic carbocycles. The van der Waals surface area contributed by atoms with Crippen LogP contribution >= 0.6 is 0 Å². The molecule has 0 aliphatic heterocycles. The molecule has 178 valence electrons. The molecule has 0 heterocycles. The van der Waals surface area contributed by atoms with E-state index in [0.717, 1.165) is 17.7 Å². The molecule has 0 bridgehead atoms. The van der Waals surface area contributed by atoms with Crippen LogP contribution in [0.25, 0.3) is 0 Å². The number of nitrogens with zero attached hydrogens (tertiary/aromatic N) is 1. The lowest BCUT2D eigenvalue weighted by Crippen LogP contribution is -2.19. The highest BCUT2D eigenvalue weighted by molar-refractivity contribution is 7.87. The Labute approximate surface area is 194 Å². The molecule has 1 amide bonds. The van der Waals surface area contributed by atoms with E-state index < -0.39 is 32.7 Å². The van der Waals surface area contributed by atoms with Crippen LogP contribution in [0.5, 0.6) is 11.5 Å². The van der Waals surface area contributed by atoms with Crippen molar-refractivity contribution in [2.24, 2.45) is 5.10 Å². The van der Waals surface area contributed by atoms with Gasteiger partial charge in [0.25, 0.3) is 0 Å². The van der Waals surface area contributed by atoms with Crippen LogP contribution in [0, 0.1) is 0 Å². The van der Waals surface area contributed by atoms with Crippen molar-refractivity contribution in [1.82, 2.24) is 5.43 Å². The molecule has 0 aliphatic rings. The fourth-order valence-corrected chi connectivity index (χ4v) is 3.74. The number of halogens is 3. The summed E-state index contributed by atoms with van der Waals surface area (Å²) in [7, 11) is -2.88. The number of alkyl halides is 3. The minimum Gasteiger partial charge on any atom is -0.497 e. The highest BCUT2D eigenvalue weighted by Gasteiger charge is 2.31. The van der Waals surface area contributed by atoms with E-state index in [1.807, 2.05) is 0 Å². The molecule has 11 heteroatoms. The van der Waals surface area contributed by atoms with Crippen LogP contribution < -0.4 is 14.3 Å². The van der Waals surface area contributed by atoms with E-state index in [9.17, 15) is 26.4 Å². The Bertz CT molecular complexity index is 1270. The molecule has 3 aromatic rings. The molecule has 3 aromatic carbocycles. The summed E-state index contributed by atoms with van der Waals surface area (Å²) in [6, 6.07) is 15.8. The first kappa shape index (κ1) is 24.8. The lowest BCUT2D eigenvalue weighted by Gasteiger charge is -2.11. The lowest BCUT2D eigenvalue weighted by molar-refractivity contribution is -0.137. The van der Waals surface area contributed by atoms with Crippen LogP contribution in [0.2, 0.25) is 0 Å². The third-order valence-corrected chi connectivity index (χ3v) is 5.75. The van der Waals surface area contributed by atoms with Crippen molar-refractivity contribution in [3.8, 4) is 11.5 Å². The standard InChI is InChI=1S/C23H19F3N2O5S/c1-32-19-10-6-16(7-11-19)14-22(29)28-27-15-17-4-2-3-5-21(17)33-34(30,31)20-12-8-18(9-13-20)23(24,25)26/h2-13,15H,14H2,1H3,(H,28,29). The van der Waals surface area contributed by atoms with Gasteiger partial charge >= 0.3 is 16.3 Å². The smallest absolute Gasteiger partial charge is 0.416 e. The van der Waals surface area contributed by atoms with Gasteiger partial charge in [0.15, 0.2) is 5.75 Å². The number of rotatable bonds is 8. The van der Waals surface area contributed by atoms with Crippen molar-refractivity contribution in [2.45, 2.75) is 17.5 Å².